The van der Waals surface area contributed by atoms with E-state index in [2.05, 4.69) is 0 Å². The van der Waals surface area contributed by atoms with Gasteiger partial charge in [-0.3, -0.25) is 4.79 Å². The Hall–Kier alpha value is -0.570. The van der Waals surface area contributed by atoms with Crippen LogP contribution in [0.25, 0.3) is 0 Å². The largest absolute Gasteiger partial charge is 0.464 e. The van der Waals surface area contributed by atoms with Crippen molar-refractivity contribution in [3.05, 3.63) is 0 Å². The van der Waals surface area contributed by atoms with E-state index < -0.39 is 0 Å². The van der Waals surface area contributed by atoms with Gasteiger partial charge in [-0.1, -0.05) is 20.8 Å². The molecule has 3 nitrogen and oxygen atoms in total. The van der Waals surface area contributed by atoms with Gasteiger partial charge in [-0.2, -0.15) is 0 Å². The number of carbonyl (C=O) groups is 1. The summed E-state index contributed by atoms with van der Waals surface area (Å²) in [5.41, 5.74) is 0. The predicted octanol–water partition coefficient (Wildman–Crippen LogP) is 1.92. The molecule has 0 amide bonds. The Morgan fingerprint density at radius 3 is 2.23 bits per heavy atom. The zero-order chi connectivity index (χ0) is 10.7. The normalized spacial score (nSPS) is 9.08. The molecule has 0 spiro atoms. The number of esters is 1. The molecule has 0 atom stereocenters. The summed E-state index contributed by atoms with van der Waals surface area (Å²) < 4.78 is 4.91. The molecule has 0 aliphatic rings. The van der Waals surface area contributed by atoms with Crippen LogP contribution in [0, 0.1) is 0 Å². The summed E-state index contributed by atoms with van der Waals surface area (Å²) in [6.45, 7) is 7.27. The molecule has 0 N–H and O–H groups in total. The first-order chi connectivity index (χ1) is 6.16. The van der Waals surface area contributed by atoms with Crippen LogP contribution in [0.15, 0.2) is 0 Å². The summed E-state index contributed by atoms with van der Waals surface area (Å²) in [6.07, 6.45) is 1.40. The molecule has 0 saturated heterocycles. The van der Waals surface area contributed by atoms with Crippen molar-refractivity contribution in [2.75, 3.05) is 27.2 Å². The van der Waals surface area contributed by atoms with Crippen LogP contribution in [-0.4, -0.2) is 38.1 Å². The molecule has 0 radical (unpaired) electrons. The SMILES string of the molecule is CC.CCCC(=O)OCCN(C)C. The van der Waals surface area contributed by atoms with Gasteiger partial charge in [0.15, 0.2) is 0 Å². The van der Waals surface area contributed by atoms with E-state index in [1.165, 1.54) is 0 Å². The Morgan fingerprint density at radius 1 is 1.31 bits per heavy atom. The lowest BCUT2D eigenvalue weighted by molar-refractivity contribution is -0.143. The van der Waals surface area contributed by atoms with Crippen molar-refractivity contribution in [2.45, 2.75) is 33.6 Å². The third-order valence-electron chi connectivity index (χ3n) is 1.26. The van der Waals surface area contributed by atoms with Gasteiger partial charge >= 0.3 is 5.97 Å². The number of ether oxygens (including phenoxy) is 1. The smallest absolute Gasteiger partial charge is 0.305 e. The van der Waals surface area contributed by atoms with Crippen LogP contribution < -0.4 is 0 Å². The van der Waals surface area contributed by atoms with Gasteiger partial charge in [0.05, 0.1) is 0 Å². The lowest BCUT2D eigenvalue weighted by Crippen LogP contribution is -2.19. The Balaban J connectivity index is 0. The number of likely N-dealkylation sites (N-methyl/N-ethyl adjacent to an activating group) is 1. The van der Waals surface area contributed by atoms with Crippen molar-refractivity contribution < 1.29 is 9.53 Å². The summed E-state index contributed by atoms with van der Waals surface area (Å²) in [5.74, 6) is -0.0886. The lowest BCUT2D eigenvalue weighted by atomic mass is 10.3. The van der Waals surface area contributed by atoms with Gasteiger partial charge in [-0.15, -0.1) is 0 Å². The van der Waals surface area contributed by atoms with Crippen LogP contribution in [0.5, 0.6) is 0 Å². The van der Waals surface area contributed by atoms with Gasteiger partial charge in [0.25, 0.3) is 0 Å². The van der Waals surface area contributed by atoms with Crippen LogP contribution in [-0.2, 0) is 9.53 Å². The van der Waals surface area contributed by atoms with Gasteiger partial charge < -0.3 is 9.64 Å². The van der Waals surface area contributed by atoms with Crippen molar-refractivity contribution in [2.24, 2.45) is 0 Å². The van der Waals surface area contributed by atoms with E-state index in [9.17, 15) is 4.79 Å². The van der Waals surface area contributed by atoms with Crippen molar-refractivity contribution in [1.82, 2.24) is 4.90 Å². The van der Waals surface area contributed by atoms with Crippen LogP contribution in [0.4, 0.5) is 0 Å². The highest BCUT2D eigenvalue weighted by molar-refractivity contribution is 5.69. The van der Waals surface area contributed by atoms with Crippen molar-refractivity contribution in [3.63, 3.8) is 0 Å². The molecule has 0 aliphatic heterocycles. The molecule has 0 rings (SSSR count). The van der Waals surface area contributed by atoms with Gasteiger partial charge in [0.1, 0.15) is 6.61 Å². The summed E-state index contributed by atoms with van der Waals surface area (Å²) in [6, 6.07) is 0. The van der Waals surface area contributed by atoms with Gasteiger partial charge in [0, 0.05) is 13.0 Å². The van der Waals surface area contributed by atoms with Crippen molar-refractivity contribution in [1.29, 1.82) is 0 Å². The van der Waals surface area contributed by atoms with Gasteiger partial charge in [-0.25, -0.2) is 0 Å². The monoisotopic (exact) mass is 189 g/mol. The number of carbonyl (C=O) groups excluding carboxylic acids is 1. The van der Waals surface area contributed by atoms with Crippen molar-refractivity contribution >= 4 is 5.97 Å². The average molecular weight is 189 g/mol. The first-order valence-electron chi connectivity index (χ1n) is 4.97. The summed E-state index contributed by atoms with van der Waals surface area (Å²) in [4.78, 5) is 12.8. The molecule has 80 valence electrons. The van der Waals surface area contributed by atoms with Gasteiger partial charge in [0.2, 0.25) is 0 Å². The quantitative estimate of drug-likeness (QED) is 0.619. The highest BCUT2D eigenvalue weighted by Crippen LogP contribution is 1.90. The number of rotatable bonds is 5. The summed E-state index contributed by atoms with van der Waals surface area (Å²) in [7, 11) is 3.90. The first-order valence-corrected chi connectivity index (χ1v) is 4.97. The molecule has 0 aromatic carbocycles. The Labute approximate surface area is 82.1 Å². The molecule has 0 heterocycles. The zero-order valence-electron chi connectivity index (χ0n) is 9.59. The molecule has 0 fully saturated rings. The summed E-state index contributed by atoms with van der Waals surface area (Å²) >= 11 is 0. The van der Waals surface area contributed by atoms with Crippen LogP contribution in [0.1, 0.15) is 33.6 Å². The number of hydrogen-bond donors (Lipinski definition) is 0. The molecule has 0 saturated carbocycles. The fourth-order valence-corrected chi connectivity index (χ4v) is 0.618. The Morgan fingerprint density at radius 2 is 1.85 bits per heavy atom. The molecule has 0 bridgehead atoms. The molecule has 3 heteroatoms. The van der Waals surface area contributed by atoms with Crippen LogP contribution in [0.2, 0.25) is 0 Å². The standard InChI is InChI=1S/C8H17NO2.C2H6/c1-4-5-8(10)11-7-6-9(2)3;1-2/h4-7H2,1-3H3;1-2H3. The minimum Gasteiger partial charge on any atom is -0.464 e. The van der Waals surface area contributed by atoms with E-state index in [4.69, 9.17) is 4.74 Å². The minimum atomic E-state index is -0.0886. The maximum Gasteiger partial charge on any atom is 0.305 e. The topological polar surface area (TPSA) is 29.5 Å². The van der Waals surface area contributed by atoms with Crippen molar-refractivity contribution in [3.8, 4) is 0 Å². The maximum absolute atomic E-state index is 10.8. The van der Waals surface area contributed by atoms with Gasteiger partial charge in [-0.05, 0) is 20.5 Å². The third kappa shape index (κ3) is 14.3. The summed E-state index contributed by atoms with van der Waals surface area (Å²) in [5, 5.41) is 0. The molecule has 13 heavy (non-hydrogen) atoms. The fraction of sp³-hybridized carbons (Fsp3) is 0.900. The zero-order valence-corrected chi connectivity index (χ0v) is 9.59. The number of nitrogens with zero attached hydrogens (tertiary/aromatic N) is 1. The van der Waals surface area contributed by atoms with E-state index in [0.29, 0.717) is 13.0 Å². The average Bonchev–Trinajstić information content (AvgIpc) is 2.08. The Bertz CT molecular complexity index is 113. The Kier molecular flexibility index (Phi) is 13.1. The van der Waals surface area contributed by atoms with E-state index in [1.54, 1.807) is 0 Å². The molecule has 0 unspecified atom stereocenters. The lowest BCUT2D eigenvalue weighted by Gasteiger charge is -2.09. The highest BCUT2D eigenvalue weighted by Gasteiger charge is 1.99. The van der Waals surface area contributed by atoms with Crippen LogP contribution in [0.3, 0.4) is 0 Å². The molecule has 0 aromatic heterocycles. The van der Waals surface area contributed by atoms with E-state index in [1.807, 2.05) is 39.8 Å². The molecular formula is C10H23NO2. The highest BCUT2D eigenvalue weighted by atomic mass is 16.5. The molecule has 0 aliphatic carbocycles. The van der Waals surface area contributed by atoms with E-state index in [-0.39, 0.29) is 5.97 Å². The second-order valence-electron chi connectivity index (χ2n) is 2.77. The van der Waals surface area contributed by atoms with E-state index >= 15 is 0 Å². The second kappa shape index (κ2) is 11.4. The third-order valence-corrected chi connectivity index (χ3v) is 1.26. The molecular weight excluding hydrogens is 166 g/mol. The predicted molar refractivity (Wildman–Crippen MR) is 55.8 cm³/mol. The molecule has 0 aromatic rings. The van der Waals surface area contributed by atoms with Crippen LogP contribution >= 0.6 is 0 Å². The maximum atomic E-state index is 10.8. The second-order valence-corrected chi connectivity index (χ2v) is 2.77. The van der Waals surface area contributed by atoms with E-state index in [0.717, 1.165) is 13.0 Å². The first kappa shape index (κ1) is 14.9. The number of hydrogen-bond acceptors (Lipinski definition) is 3. The fourth-order valence-electron chi connectivity index (χ4n) is 0.618. The minimum absolute atomic E-state index is 0.0886.